The molecule has 1 heterocycles. The molecular formula is C30H47FN2O2. The molecule has 0 aliphatic rings. The smallest absolute Gasteiger partial charge is 0.159 e. The second kappa shape index (κ2) is 19.1. The minimum absolute atomic E-state index is 0.107. The predicted octanol–water partition coefficient (Wildman–Crippen LogP) is 9.13. The molecule has 0 spiro atoms. The van der Waals surface area contributed by atoms with E-state index in [1.54, 1.807) is 12.4 Å². The summed E-state index contributed by atoms with van der Waals surface area (Å²) >= 11 is 0. The average molecular weight is 487 g/mol. The summed E-state index contributed by atoms with van der Waals surface area (Å²) in [7, 11) is 0. The van der Waals surface area contributed by atoms with E-state index in [1.807, 2.05) is 24.3 Å². The van der Waals surface area contributed by atoms with Crippen molar-refractivity contribution in [2.75, 3.05) is 13.2 Å². The molecule has 0 amide bonds. The van der Waals surface area contributed by atoms with Crippen molar-refractivity contribution in [3.8, 4) is 22.9 Å². The Kier molecular flexibility index (Phi) is 15.8. The number of hydrogen-bond acceptors (Lipinski definition) is 4. The fourth-order valence-corrected chi connectivity index (χ4v) is 4.08. The van der Waals surface area contributed by atoms with Crippen molar-refractivity contribution < 1.29 is 13.9 Å². The van der Waals surface area contributed by atoms with Crippen LogP contribution in [-0.4, -0.2) is 29.4 Å². The first-order valence-electron chi connectivity index (χ1n) is 14.0. The average Bonchev–Trinajstić information content (AvgIpc) is 2.89. The van der Waals surface area contributed by atoms with Gasteiger partial charge in [-0.05, 0) is 37.1 Å². The fourth-order valence-electron chi connectivity index (χ4n) is 4.08. The number of rotatable bonds is 21. The van der Waals surface area contributed by atoms with Crippen molar-refractivity contribution in [3.63, 3.8) is 0 Å². The first-order chi connectivity index (χ1) is 17.2. The Hall–Kier alpha value is -2.17. The Morgan fingerprint density at radius 1 is 0.657 bits per heavy atom. The van der Waals surface area contributed by atoms with Gasteiger partial charge < -0.3 is 9.47 Å². The first-order valence-corrected chi connectivity index (χ1v) is 14.0. The van der Waals surface area contributed by atoms with E-state index in [0.29, 0.717) is 30.4 Å². The zero-order chi connectivity index (χ0) is 25.0. The third kappa shape index (κ3) is 13.5. The van der Waals surface area contributed by atoms with Gasteiger partial charge in [0.15, 0.2) is 11.6 Å². The van der Waals surface area contributed by atoms with Gasteiger partial charge in [0.2, 0.25) is 0 Å². The van der Waals surface area contributed by atoms with Gasteiger partial charge in [-0.25, -0.2) is 14.4 Å². The van der Waals surface area contributed by atoms with Crippen LogP contribution in [-0.2, 0) is 0 Å². The van der Waals surface area contributed by atoms with E-state index in [4.69, 9.17) is 9.47 Å². The van der Waals surface area contributed by atoms with Gasteiger partial charge in [-0.3, -0.25) is 0 Å². The van der Waals surface area contributed by atoms with Gasteiger partial charge >= 0.3 is 0 Å². The maximum atomic E-state index is 14.1. The van der Waals surface area contributed by atoms with Crippen molar-refractivity contribution in [3.05, 3.63) is 36.7 Å². The van der Waals surface area contributed by atoms with Gasteiger partial charge in [0.05, 0.1) is 19.0 Å². The zero-order valence-corrected chi connectivity index (χ0v) is 22.2. The highest BCUT2D eigenvalue weighted by Gasteiger charge is 2.08. The number of alkyl halides is 1. The second-order valence-electron chi connectivity index (χ2n) is 9.55. The van der Waals surface area contributed by atoms with Crippen LogP contribution in [0.3, 0.4) is 0 Å². The molecular weight excluding hydrogens is 439 g/mol. The number of aromatic nitrogens is 2. The number of halogens is 1. The minimum atomic E-state index is -0.914. The fraction of sp³-hybridized carbons (Fsp3) is 0.667. The van der Waals surface area contributed by atoms with Crippen molar-refractivity contribution in [1.82, 2.24) is 9.97 Å². The molecule has 196 valence electrons. The monoisotopic (exact) mass is 486 g/mol. The van der Waals surface area contributed by atoms with Crippen LogP contribution < -0.4 is 9.47 Å². The lowest BCUT2D eigenvalue weighted by atomic mass is 10.1. The molecule has 0 aliphatic carbocycles. The first kappa shape index (κ1) is 29.1. The molecule has 1 aromatic carbocycles. The molecule has 0 fully saturated rings. The molecule has 0 saturated heterocycles. The summed E-state index contributed by atoms with van der Waals surface area (Å²) in [6.45, 7) is 5.27. The van der Waals surface area contributed by atoms with Crippen LogP contribution in [0, 0.1) is 0 Å². The highest BCUT2D eigenvalue weighted by atomic mass is 19.1. The van der Waals surface area contributed by atoms with E-state index in [2.05, 4.69) is 23.8 Å². The van der Waals surface area contributed by atoms with Gasteiger partial charge in [-0.1, -0.05) is 97.3 Å². The SMILES string of the molecule is CCCCCCCCCCOc1cnc(-c2ccc(OCC(F)CCCCCCCC)cc2)nc1. The number of ether oxygens (including phenoxy) is 2. The van der Waals surface area contributed by atoms with Crippen molar-refractivity contribution in [1.29, 1.82) is 0 Å². The topological polar surface area (TPSA) is 44.2 Å². The summed E-state index contributed by atoms with van der Waals surface area (Å²) in [5.41, 5.74) is 0.899. The number of nitrogens with zero attached hydrogens (tertiary/aromatic N) is 2. The third-order valence-corrected chi connectivity index (χ3v) is 6.31. The molecule has 2 rings (SSSR count). The van der Waals surface area contributed by atoms with Gasteiger partial charge in [-0.15, -0.1) is 0 Å². The lowest BCUT2D eigenvalue weighted by Gasteiger charge is -2.11. The molecule has 0 saturated carbocycles. The lowest BCUT2D eigenvalue weighted by molar-refractivity contribution is 0.184. The normalized spacial score (nSPS) is 12.0. The number of hydrogen-bond donors (Lipinski definition) is 0. The van der Waals surface area contributed by atoms with Crippen molar-refractivity contribution in [2.24, 2.45) is 0 Å². The summed E-state index contributed by atoms with van der Waals surface area (Å²) in [5.74, 6) is 2.02. The van der Waals surface area contributed by atoms with Crippen LogP contribution in [0.4, 0.5) is 4.39 Å². The van der Waals surface area contributed by atoms with Crippen LogP contribution in [0.15, 0.2) is 36.7 Å². The lowest BCUT2D eigenvalue weighted by Crippen LogP contribution is -2.12. The summed E-state index contributed by atoms with van der Waals surface area (Å²) in [4.78, 5) is 8.87. The van der Waals surface area contributed by atoms with Crippen LogP contribution in [0.1, 0.15) is 110 Å². The van der Waals surface area contributed by atoms with Gasteiger partial charge in [0.25, 0.3) is 0 Å². The third-order valence-electron chi connectivity index (χ3n) is 6.31. The van der Waals surface area contributed by atoms with Crippen molar-refractivity contribution >= 4 is 0 Å². The Balaban J connectivity index is 1.61. The minimum Gasteiger partial charge on any atom is -0.491 e. The molecule has 0 radical (unpaired) electrons. The molecule has 0 aliphatic heterocycles. The largest absolute Gasteiger partial charge is 0.491 e. The molecule has 0 bridgehead atoms. The van der Waals surface area contributed by atoms with E-state index < -0.39 is 6.17 Å². The summed E-state index contributed by atoms with van der Waals surface area (Å²) in [5, 5.41) is 0. The molecule has 5 heteroatoms. The molecule has 2 aromatic rings. The number of benzene rings is 1. The summed E-state index contributed by atoms with van der Waals surface area (Å²) in [6, 6.07) is 7.52. The van der Waals surface area contributed by atoms with Crippen molar-refractivity contribution in [2.45, 2.75) is 116 Å². The Bertz CT molecular complexity index is 752. The molecule has 1 atom stereocenters. The quantitative estimate of drug-likeness (QED) is 0.165. The Morgan fingerprint density at radius 2 is 1.20 bits per heavy atom. The van der Waals surface area contributed by atoms with Gasteiger partial charge in [0, 0.05) is 5.56 Å². The predicted molar refractivity (Wildman–Crippen MR) is 144 cm³/mol. The second-order valence-corrected chi connectivity index (χ2v) is 9.55. The van der Waals surface area contributed by atoms with E-state index >= 15 is 0 Å². The van der Waals surface area contributed by atoms with Gasteiger partial charge in [0.1, 0.15) is 18.5 Å². The maximum Gasteiger partial charge on any atom is 0.159 e. The van der Waals surface area contributed by atoms with Crippen LogP contribution >= 0.6 is 0 Å². The highest BCUT2D eigenvalue weighted by molar-refractivity contribution is 5.56. The maximum absolute atomic E-state index is 14.1. The highest BCUT2D eigenvalue weighted by Crippen LogP contribution is 2.21. The summed E-state index contributed by atoms with van der Waals surface area (Å²) in [6.07, 6.45) is 20.4. The molecule has 0 N–H and O–H groups in total. The standard InChI is InChI=1S/C30H47FN2O2/c1-3-5-7-9-11-12-14-16-22-34-29-23-32-30(33-24-29)26-18-20-28(21-19-26)35-25-27(31)17-15-13-10-8-6-4-2/h18-21,23-24,27H,3-17,22,25H2,1-2H3. The van der Waals surface area contributed by atoms with Crippen LogP contribution in [0.2, 0.25) is 0 Å². The Labute approximate surface area is 213 Å². The Morgan fingerprint density at radius 3 is 1.80 bits per heavy atom. The van der Waals surface area contributed by atoms with E-state index in [-0.39, 0.29) is 6.61 Å². The number of unbranched alkanes of at least 4 members (excludes halogenated alkanes) is 12. The van der Waals surface area contributed by atoms with Crippen LogP contribution in [0.25, 0.3) is 11.4 Å². The molecule has 1 unspecified atom stereocenters. The van der Waals surface area contributed by atoms with Gasteiger partial charge in [-0.2, -0.15) is 0 Å². The van der Waals surface area contributed by atoms with E-state index in [0.717, 1.165) is 24.8 Å². The van der Waals surface area contributed by atoms with E-state index in [9.17, 15) is 4.39 Å². The van der Waals surface area contributed by atoms with Crippen LogP contribution in [0.5, 0.6) is 11.5 Å². The van der Waals surface area contributed by atoms with E-state index in [1.165, 1.54) is 70.6 Å². The molecule has 1 aromatic heterocycles. The zero-order valence-electron chi connectivity index (χ0n) is 22.2. The molecule has 4 nitrogen and oxygen atoms in total. The summed E-state index contributed by atoms with van der Waals surface area (Å²) < 4.78 is 25.5. The molecule has 35 heavy (non-hydrogen) atoms.